The first-order valence-electron chi connectivity index (χ1n) is 10.6. The molecule has 170 valence electrons. The normalized spacial score (nSPS) is 15.3. The average molecular weight is 538 g/mol. The third-order valence-electron chi connectivity index (χ3n) is 5.93. The van der Waals surface area contributed by atoms with Crippen LogP contribution in [0.2, 0.25) is 0 Å². The number of carbonyl (C=O) groups is 1. The van der Waals surface area contributed by atoms with E-state index in [1.165, 1.54) is 0 Å². The molecule has 2 aromatic rings. The maximum Gasteiger partial charge on any atom is 0.230 e. The molecule has 0 aliphatic heterocycles. The van der Waals surface area contributed by atoms with Crippen molar-refractivity contribution in [1.29, 1.82) is 0 Å². The van der Waals surface area contributed by atoms with Crippen molar-refractivity contribution in [2.45, 2.75) is 32.2 Å². The van der Waals surface area contributed by atoms with Crippen LogP contribution in [0.1, 0.15) is 31.2 Å². The third kappa shape index (κ3) is 5.78. The van der Waals surface area contributed by atoms with Crippen molar-refractivity contribution < 1.29 is 4.79 Å². The number of amides is 1. The second-order valence-electron chi connectivity index (χ2n) is 8.52. The van der Waals surface area contributed by atoms with Gasteiger partial charge in [0.15, 0.2) is 5.96 Å². The van der Waals surface area contributed by atoms with Crippen molar-refractivity contribution in [1.82, 2.24) is 20.5 Å². The summed E-state index contributed by atoms with van der Waals surface area (Å²) in [6, 6.07) is 10.3. The summed E-state index contributed by atoms with van der Waals surface area (Å²) >= 11 is 0. The first-order chi connectivity index (χ1) is 14.4. The first kappa shape index (κ1) is 25.2. The molecule has 1 aromatic carbocycles. The molecule has 0 spiro atoms. The van der Waals surface area contributed by atoms with Crippen LogP contribution in [-0.2, 0) is 11.3 Å². The summed E-state index contributed by atoms with van der Waals surface area (Å²) in [6.07, 6.45) is 4.05. The van der Waals surface area contributed by atoms with E-state index in [0.29, 0.717) is 19.0 Å². The quantitative estimate of drug-likeness (QED) is 0.336. The Balaban J connectivity index is 0.00000341. The molecule has 0 unspecified atom stereocenters. The molecule has 0 radical (unpaired) electrons. The number of aromatic nitrogens is 1. The number of anilines is 1. The fraction of sp³-hybridized carbons (Fsp3) is 0.522. The molecule has 1 fully saturated rings. The van der Waals surface area contributed by atoms with E-state index in [9.17, 15) is 4.79 Å². The molecule has 1 heterocycles. The summed E-state index contributed by atoms with van der Waals surface area (Å²) < 4.78 is 0. The van der Waals surface area contributed by atoms with Crippen LogP contribution in [0.3, 0.4) is 0 Å². The van der Waals surface area contributed by atoms with Gasteiger partial charge in [0, 0.05) is 53.7 Å². The van der Waals surface area contributed by atoms with Crippen molar-refractivity contribution >= 4 is 52.6 Å². The van der Waals surface area contributed by atoms with Crippen LogP contribution in [0.5, 0.6) is 0 Å². The molecular formula is C23H35IN6O. The van der Waals surface area contributed by atoms with Crippen LogP contribution in [0.4, 0.5) is 5.82 Å². The van der Waals surface area contributed by atoms with Crippen LogP contribution < -0.4 is 15.5 Å². The maximum atomic E-state index is 12.8. The molecule has 8 heteroatoms. The van der Waals surface area contributed by atoms with Gasteiger partial charge < -0.3 is 20.4 Å². The van der Waals surface area contributed by atoms with Crippen molar-refractivity contribution in [3.05, 3.63) is 35.9 Å². The number of rotatable bonds is 6. The summed E-state index contributed by atoms with van der Waals surface area (Å²) in [5.74, 6) is 1.84. The summed E-state index contributed by atoms with van der Waals surface area (Å²) in [6.45, 7) is 1.22. The van der Waals surface area contributed by atoms with Gasteiger partial charge in [-0.05, 0) is 30.5 Å². The highest BCUT2D eigenvalue weighted by molar-refractivity contribution is 14.0. The lowest BCUT2D eigenvalue weighted by Crippen LogP contribution is -2.49. The zero-order valence-electron chi connectivity index (χ0n) is 19.2. The number of pyridine rings is 1. The number of benzene rings is 1. The van der Waals surface area contributed by atoms with E-state index in [2.05, 4.69) is 27.8 Å². The van der Waals surface area contributed by atoms with Crippen molar-refractivity contribution in [2.24, 2.45) is 10.4 Å². The Kier molecular flexibility index (Phi) is 8.90. The molecule has 1 amide bonds. The average Bonchev–Trinajstić information content (AvgIpc) is 3.22. The highest BCUT2D eigenvalue weighted by Gasteiger charge is 2.42. The summed E-state index contributed by atoms with van der Waals surface area (Å²) in [7, 11) is 9.44. The van der Waals surface area contributed by atoms with Gasteiger partial charge in [-0.3, -0.25) is 9.79 Å². The smallest absolute Gasteiger partial charge is 0.230 e. The molecule has 1 aliphatic carbocycles. The zero-order valence-corrected chi connectivity index (χ0v) is 21.6. The summed E-state index contributed by atoms with van der Waals surface area (Å²) in [5.41, 5.74) is 1.81. The molecule has 7 nitrogen and oxygen atoms in total. The Morgan fingerprint density at radius 1 is 1.13 bits per heavy atom. The maximum absolute atomic E-state index is 12.8. The second-order valence-corrected chi connectivity index (χ2v) is 8.52. The number of aliphatic imine (C=N–C) groups is 1. The fourth-order valence-corrected chi connectivity index (χ4v) is 4.25. The van der Waals surface area contributed by atoms with Gasteiger partial charge in [0.1, 0.15) is 5.82 Å². The lowest BCUT2D eigenvalue weighted by Gasteiger charge is -2.31. The fourth-order valence-electron chi connectivity index (χ4n) is 4.25. The number of hydrogen-bond acceptors (Lipinski definition) is 4. The number of hydrogen-bond donors (Lipinski definition) is 2. The number of nitrogens with zero attached hydrogens (tertiary/aromatic N) is 4. The van der Waals surface area contributed by atoms with Gasteiger partial charge in [0.05, 0.1) is 10.9 Å². The molecule has 0 bridgehead atoms. The van der Waals surface area contributed by atoms with Crippen molar-refractivity contribution in [2.75, 3.05) is 46.7 Å². The third-order valence-corrected chi connectivity index (χ3v) is 5.93. The van der Waals surface area contributed by atoms with E-state index in [-0.39, 0.29) is 35.3 Å². The minimum Gasteiger partial charge on any atom is -0.363 e. The Bertz CT molecular complexity index is 921. The van der Waals surface area contributed by atoms with E-state index >= 15 is 0 Å². The molecule has 0 saturated heterocycles. The Hall–Kier alpha value is -2.10. The molecule has 1 aliphatic rings. The molecule has 1 saturated carbocycles. The van der Waals surface area contributed by atoms with Crippen LogP contribution >= 0.6 is 24.0 Å². The predicted octanol–water partition coefficient (Wildman–Crippen LogP) is 3.23. The summed E-state index contributed by atoms with van der Waals surface area (Å²) in [5, 5.41) is 7.96. The van der Waals surface area contributed by atoms with E-state index in [4.69, 9.17) is 4.98 Å². The number of para-hydroxylation sites is 1. The lowest BCUT2D eigenvalue weighted by atomic mass is 9.84. The molecule has 1 aromatic heterocycles. The second kappa shape index (κ2) is 11.0. The van der Waals surface area contributed by atoms with Crippen molar-refractivity contribution in [3.63, 3.8) is 0 Å². The van der Waals surface area contributed by atoms with Gasteiger partial charge in [0.25, 0.3) is 0 Å². The van der Waals surface area contributed by atoms with Crippen LogP contribution in [0.25, 0.3) is 10.9 Å². The standard InChI is InChI=1S/C23H34N6O.HI/c1-24-22(26-16-23(12-8-9-13-23)21(30)29(4)5)25-15-17-14-20(28(2)3)27-19-11-7-6-10-18(17)19;/h6-7,10-11,14H,8-9,12-13,15-16H2,1-5H3,(H2,24,25,26);1H. The Morgan fingerprint density at radius 3 is 2.42 bits per heavy atom. The predicted molar refractivity (Wildman–Crippen MR) is 139 cm³/mol. The van der Waals surface area contributed by atoms with Gasteiger partial charge in [-0.2, -0.15) is 0 Å². The van der Waals surface area contributed by atoms with E-state index in [1.807, 2.05) is 51.3 Å². The Labute approximate surface area is 202 Å². The zero-order chi connectivity index (χ0) is 21.7. The number of guanidine groups is 1. The lowest BCUT2D eigenvalue weighted by molar-refractivity contribution is -0.138. The van der Waals surface area contributed by atoms with Crippen LogP contribution in [0.15, 0.2) is 35.3 Å². The summed E-state index contributed by atoms with van der Waals surface area (Å²) in [4.78, 5) is 25.6. The van der Waals surface area contributed by atoms with Gasteiger partial charge in [-0.15, -0.1) is 24.0 Å². The highest BCUT2D eigenvalue weighted by Crippen LogP contribution is 2.38. The van der Waals surface area contributed by atoms with Gasteiger partial charge in [-0.1, -0.05) is 31.0 Å². The van der Waals surface area contributed by atoms with Crippen molar-refractivity contribution in [3.8, 4) is 0 Å². The van der Waals surface area contributed by atoms with Gasteiger partial charge >= 0.3 is 0 Å². The largest absolute Gasteiger partial charge is 0.363 e. The molecule has 0 atom stereocenters. The minimum atomic E-state index is -0.331. The molecule has 3 rings (SSSR count). The monoisotopic (exact) mass is 538 g/mol. The van der Waals surface area contributed by atoms with E-state index in [0.717, 1.165) is 48.0 Å². The minimum absolute atomic E-state index is 0. The van der Waals surface area contributed by atoms with Crippen LogP contribution in [-0.4, -0.2) is 63.5 Å². The van der Waals surface area contributed by atoms with Gasteiger partial charge in [0.2, 0.25) is 5.91 Å². The number of halogens is 1. The van der Waals surface area contributed by atoms with E-state index in [1.54, 1.807) is 11.9 Å². The van der Waals surface area contributed by atoms with E-state index < -0.39 is 0 Å². The number of fused-ring (bicyclic) bond motifs is 1. The Morgan fingerprint density at radius 2 is 1.81 bits per heavy atom. The SMILES string of the molecule is CN=C(NCc1cc(N(C)C)nc2ccccc12)NCC1(C(=O)N(C)C)CCCC1.I. The number of nitrogens with one attached hydrogen (secondary N) is 2. The molecular weight excluding hydrogens is 503 g/mol. The first-order valence-corrected chi connectivity index (χ1v) is 10.6. The van der Waals surface area contributed by atoms with Gasteiger partial charge in [-0.25, -0.2) is 4.98 Å². The number of carbonyl (C=O) groups excluding carboxylic acids is 1. The molecule has 31 heavy (non-hydrogen) atoms. The molecule has 2 N–H and O–H groups in total. The topological polar surface area (TPSA) is 72.9 Å². The highest BCUT2D eigenvalue weighted by atomic mass is 127. The van der Waals surface area contributed by atoms with Crippen LogP contribution in [0, 0.1) is 5.41 Å².